The molecule has 0 spiro atoms. The first-order valence-corrected chi connectivity index (χ1v) is 10.1. The standard InChI is InChI=1S/C24H15ClF4O5/c1-31-15-4-6-16(7-5-15)33-22-21(30)18-9-8-17(11-20(18)34-23(22)24(27,28)29)32-12-13-2-3-14(26)10-19(13)25/h2-11H,12H2,1H3. The van der Waals surface area contributed by atoms with Crippen molar-refractivity contribution in [2.24, 2.45) is 0 Å². The molecule has 10 heteroatoms. The fourth-order valence-electron chi connectivity index (χ4n) is 3.09. The zero-order valence-electron chi connectivity index (χ0n) is 17.4. The van der Waals surface area contributed by atoms with Gasteiger partial charge in [0.15, 0.2) is 0 Å². The fraction of sp³-hybridized carbons (Fsp3) is 0.125. The summed E-state index contributed by atoms with van der Waals surface area (Å²) in [4.78, 5) is 12.9. The first-order chi connectivity index (χ1) is 16.2. The van der Waals surface area contributed by atoms with Gasteiger partial charge >= 0.3 is 6.18 Å². The van der Waals surface area contributed by atoms with Crippen LogP contribution in [0.3, 0.4) is 0 Å². The van der Waals surface area contributed by atoms with E-state index in [-0.39, 0.29) is 34.1 Å². The summed E-state index contributed by atoms with van der Waals surface area (Å²) in [5.41, 5.74) is -0.886. The molecule has 0 fully saturated rings. The smallest absolute Gasteiger partial charge is 0.453 e. The first kappa shape index (κ1) is 23.4. The third-order valence-corrected chi connectivity index (χ3v) is 5.12. The van der Waals surface area contributed by atoms with Crippen LogP contribution in [0.2, 0.25) is 5.02 Å². The lowest BCUT2D eigenvalue weighted by Gasteiger charge is -2.14. The van der Waals surface area contributed by atoms with Gasteiger partial charge in [-0.05, 0) is 48.5 Å². The van der Waals surface area contributed by atoms with Gasteiger partial charge in [0.2, 0.25) is 11.2 Å². The largest absolute Gasteiger partial charge is 0.497 e. The van der Waals surface area contributed by atoms with Crippen LogP contribution in [0.5, 0.6) is 23.0 Å². The zero-order valence-corrected chi connectivity index (χ0v) is 18.2. The van der Waals surface area contributed by atoms with E-state index < -0.39 is 28.9 Å². The zero-order chi connectivity index (χ0) is 24.5. The molecule has 4 rings (SSSR count). The maximum atomic E-state index is 13.7. The average molecular weight is 495 g/mol. The van der Waals surface area contributed by atoms with Crippen molar-refractivity contribution in [2.45, 2.75) is 12.8 Å². The molecule has 0 bridgehead atoms. The highest BCUT2D eigenvalue weighted by atomic mass is 35.5. The van der Waals surface area contributed by atoms with Gasteiger partial charge in [-0.1, -0.05) is 17.7 Å². The molecule has 0 saturated heterocycles. The van der Waals surface area contributed by atoms with E-state index >= 15 is 0 Å². The molecule has 0 radical (unpaired) electrons. The second-order valence-corrected chi connectivity index (χ2v) is 7.45. The minimum absolute atomic E-state index is 0.00548. The van der Waals surface area contributed by atoms with Gasteiger partial charge in [-0.15, -0.1) is 0 Å². The Labute approximate surface area is 195 Å². The van der Waals surface area contributed by atoms with Crippen LogP contribution in [0, 0.1) is 5.82 Å². The Bertz CT molecular complexity index is 1400. The van der Waals surface area contributed by atoms with Gasteiger partial charge < -0.3 is 18.6 Å². The summed E-state index contributed by atoms with van der Waals surface area (Å²) in [6, 6.07) is 13.2. The number of fused-ring (bicyclic) bond motifs is 1. The molecule has 0 atom stereocenters. The molecular formula is C24H15ClF4O5. The van der Waals surface area contributed by atoms with Crippen LogP contribution in [-0.4, -0.2) is 7.11 Å². The lowest BCUT2D eigenvalue weighted by molar-refractivity contribution is -0.154. The molecule has 3 aromatic carbocycles. The van der Waals surface area contributed by atoms with Crippen LogP contribution in [0.15, 0.2) is 69.9 Å². The number of hydrogen-bond acceptors (Lipinski definition) is 5. The van der Waals surface area contributed by atoms with Crippen molar-refractivity contribution >= 4 is 22.6 Å². The van der Waals surface area contributed by atoms with Crippen LogP contribution in [0.25, 0.3) is 11.0 Å². The average Bonchev–Trinajstić information content (AvgIpc) is 2.80. The second kappa shape index (κ2) is 9.26. The van der Waals surface area contributed by atoms with E-state index in [2.05, 4.69) is 0 Å². The van der Waals surface area contributed by atoms with E-state index in [1.807, 2.05) is 0 Å². The van der Waals surface area contributed by atoms with Crippen LogP contribution in [-0.2, 0) is 12.8 Å². The highest BCUT2D eigenvalue weighted by Crippen LogP contribution is 2.39. The van der Waals surface area contributed by atoms with Gasteiger partial charge in [-0.2, -0.15) is 13.2 Å². The Morgan fingerprint density at radius 1 is 0.941 bits per heavy atom. The second-order valence-electron chi connectivity index (χ2n) is 7.05. The van der Waals surface area contributed by atoms with Crippen molar-refractivity contribution in [1.82, 2.24) is 0 Å². The Morgan fingerprint density at radius 2 is 1.62 bits per heavy atom. The summed E-state index contributed by atoms with van der Waals surface area (Å²) >= 11 is 5.96. The molecule has 5 nitrogen and oxygen atoms in total. The summed E-state index contributed by atoms with van der Waals surface area (Å²) in [6.45, 7) is -0.0837. The summed E-state index contributed by atoms with van der Waals surface area (Å²) in [7, 11) is 1.43. The number of hydrogen-bond donors (Lipinski definition) is 0. The monoisotopic (exact) mass is 494 g/mol. The van der Waals surface area contributed by atoms with E-state index in [4.69, 9.17) is 30.2 Å². The molecule has 0 aliphatic carbocycles. The van der Waals surface area contributed by atoms with Crippen molar-refractivity contribution in [3.63, 3.8) is 0 Å². The predicted molar refractivity (Wildman–Crippen MR) is 116 cm³/mol. The predicted octanol–water partition coefficient (Wildman–Crippen LogP) is 6.98. The normalized spacial score (nSPS) is 11.5. The van der Waals surface area contributed by atoms with E-state index in [0.29, 0.717) is 11.3 Å². The summed E-state index contributed by atoms with van der Waals surface area (Å²) in [5.74, 6) is -2.52. The first-order valence-electron chi connectivity index (χ1n) is 9.72. The molecule has 0 unspecified atom stereocenters. The van der Waals surface area contributed by atoms with Gasteiger partial charge in [-0.3, -0.25) is 4.79 Å². The lowest BCUT2D eigenvalue weighted by Crippen LogP contribution is -2.15. The third kappa shape index (κ3) is 4.94. The molecular weight excluding hydrogens is 480 g/mol. The maximum Gasteiger partial charge on any atom is 0.453 e. The highest BCUT2D eigenvalue weighted by Gasteiger charge is 2.40. The topological polar surface area (TPSA) is 57.9 Å². The highest BCUT2D eigenvalue weighted by molar-refractivity contribution is 6.31. The molecule has 0 amide bonds. The molecule has 176 valence electrons. The van der Waals surface area contributed by atoms with Crippen molar-refractivity contribution in [1.29, 1.82) is 0 Å². The SMILES string of the molecule is COc1ccc(Oc2c(C(F)(F)F)oc3cc(OCc4ccc(F)cc4Cl)ccc3c2=O)cc1. The molecule has 34 heavy (non-hydrogen) atoms. The number of halogens is 5. The van der Waals surface area contributed by atoms with Gasteiger partial charge in [0.05, 0.1) is 17.5 Å². The molecule has 1 aromatic heterocycles. The van der Waals surface area contributed by atoms with Crippen LogP contribution < -0.4 is 19.6 Å². The third-order valence-electron chi connectivity index (χ3n) is 4.77. The Hall–Kier alpha value is -3.72. The van der Waals surface area contributed by atoms with Gasteiger partial charge in [0.25, 0.3) is 5.76 Å². The van der Waals surface area contributed by atoms with Gasteiger partial charge in [0.1, 0.15) is 35.3 Å². The Kier molecular flexibility index (Phi) is 6.39. The van der Waals surface area contributed by atoms with Crippen molar-refractivity contribution in [3.8, 4) is 23.0 Å². The van der Waals surface area contributed by atoms with Crippen LogP contribution in [0.1, 0.15) is 11.3 Å². The quantitative estimate of drug-likeness (QED) is 0.270. The Morgan fingerprint density at radius 3 is 2.26 bits per heavy atom. The maximum absolute atomic E-state index is 13.7. The molecule has 4 aromatic rings. The van der Waals surface area contributed by atoms with E-state index in [1.54, 1.807) is 0 Å². The molecule has 0 N–H and O–H groups in total. The van der Waals surface area contributed by atoms with Crippen LogP contribution >= 0.6 is 11.6 Å². The number of alkyl halides is 3. The van der Waals surface area contributed by atoms with Gasteiger partial charge in [-0.25, -0.2) is 4.39 Å². The van der Waals surface area contributed by atoms with Crippen molar-refractivity contribution < 1.29 is 36.2 Å². The van der Waals surface area contributed by atoms with E-state index in [1.165, 1.54) is 55.6 Å². The summed E-state index contributed by atoms with van der Waals surface area (Å²) in [5, 5.41) is -0.00400. The molecule has 0 aliphatic rings. The molecule has 0 saturated carbocycles. The Balaban J connectivity index is 1.70. The van der Waals surface area contributed by atoms with Crippen LogP contribution in [0.4, 0.5) is 17.6 Å². The van der Waals surface area contributed by atoms with E-state index in [0.717, 1.165) is 12.1 Å². The van der Waals surface area contributed by atoms with Crippen molar-refractivity contribution in [2.75, 3.05) is 7.11 Å². The lowest BCUT2D eigenvalue weighted by atomic mass is 10.2. The summed E-state index contributed by atoms with van der Waals surface area (Å²) < 4.78 is 75.2. The number of benzene rings is 3. The number of ether oxygens (including phenoxy) is 3. The molecule has 1 heterocycles. The van der Waals surface area contributed by atoms with Crippen molar-refractivity contribution in [3.05, 3.63) is 93.1 Å². The molecule has 0 aliphatic heterocycles. The minimum atomic E-state index is -5.01. The minimum Gasteiger partial charge on any atom is -0.497 e. The fourth-order valence-corrected chi connectivity index (χ4v) is 3.31. The number of methoxy groups -OCH3 is 1. The number of rotatable bonds is 6. The van der Waals surface area contributed by atoms with Gasteiger partial charge in [0, 0.05) is 11.6 Å². The van der Waals surface area contributed by atoms with E-state index in [9.17, 15) is 22.4 Å². The summed E-state index contributed by atoms with van der Waals surface area (Å²) in [6.07, 6.45) is -5.01.